The lowest BCUT2D eigenvalue weighted by Crippen LogP contribution is -2.49. The number of benzene rings is 1. The highest BCUT2D eigenvalue weighted by Crippen LogP contribution is 2.31. The predicted molar refractivity (Wildman–Crippen MR) is 151 cm³/mol. The molecule has 0 radical (unpaired) electrons. The van der Waals surface area contributed by atoms with Crippen LogP contribution in [0.1, 0.15) is 46.4 Å². The highest BCUT2D eigenvalue weighted by molar-refractivity contribution is 7.12. The van der Waals surface area contributed by atoms with E-state index in [2.05, 4.69) is 4.98 Å². The number of halogens is 1. The number of fused-ring (bicyclic) bond motifs is 1. The van der Waals surface area contributed by atoms with Gasteiger partial charge in [-0.2, -0.15) is 0 Å². The van der Waals surface area contributed by atoms with Gasteiger partial charge in [0.15, 0.2) is 0 Å². The third-order valence-electron chi connectivity index (χ3n) is 6.37. The number of thiophene rings is 1. The van der Waals surface area contributed by atoms with Crippen LogP contribution >= 0.6 is 11.3 Å². The second kappa shape index (κ2) is 12.7. The van der Waals surface area contributed by atoms with E-state index in [-0.39, 0.29) is 24.6 Å². The van der Waals surface area contributed by atoms with Crippen molar-refractivity contribution in [2.45, 2.75) is 27.3 Å². The van der Waals surface area contributed by atoms with E-state index < -0.39 is 17.3 Å². The van der Waals surface area contributed by atoms with E-state index in [0.29, 0.717) is 53.2 Å². The molecule has 0 spiro atoms. The number of pyridine rings is 2. The zero-order chi connectivity index (χ0) is 27.9. The largest absolute Gasteiger partial charge is 0.462 e. The van der Waals surface area contributed by atoms with E-state index in [4.69, 9.17) is 4.74 Å². The van der Waals surface area contributed by atoms with Gasteiger partial charge in [0.1, 0.15) is 11.4 Å². The number of hydrogen-bond acceptors (Lipinski definition) is 7. The van der Waals surface area contributed by atoms with Crippen molar-refractivity contribution < 1.29 is 18.7 Å². The van der Waals surface area contributed by atoms with E-state index in [1.807, 2.05) is 30.2 Å². The van der Waals surface area contributed by atoms with Gasteiger partial charge in [0.2, 0.25) is 0 Å². The molecule has 5 rings (SSSR count). The SMILES string of the molecule is CC.CCOC(=O)c1c(N2CCN(C(=O)c3cccs3)CC2)c2ccncc2n(Cc2cccc(F)c2)c1=O. The molecule has 0 bridgehead atoms. The molecule has 0 aliphatic carbocycles. The quantitative estimate of drug-likeness (QED) is 0.321. The zero-order valence-corrected chi connectivity index (χ0v) is 23.0. The number of hydrogen-bond donors (Lipinski definition) is 0. The maximum Gasteiger partial charge on any atom is 0.345 e. The molecule has 1 saturated heterocycles. The standard InChI is InChI=1S/C27H25FN4O4S.C2H6/c1-2-36-27(35)23-24(30-10-12-31(13-11-30)25(33)22-7-4-14-37-22)20-8-9-29-16-21(20)32(26(23)34)17-18-5-3-6-19(28)15-18;1-2/h3-9,14-16H,2,10-13,17H2,1H3;1-2H3. The number of rotatable bonds is 6. The number of aromatic nitrogens is 2. The molecule has 0 N–H and O–H groups in total. The van der Waals surface area contributed by atoms with Crippen LogP contribution in [0.3, 0.4) is 0 Å². The van der Waals surface area contributed by atoms with Gasteiger partial charge in [-0.3, -0.25) is 14.6 Å². The number of esters is 1. The second-order valence-corrected chi connectivity index (χ2v) is 9.56. The Bertz CT molecular complexity index is 1510. The summed E-state index contributed by atoms with van der Waals surface area (Å²) in [6, 6.07) is 11.4. The van der Waals surface area contributed by atoms with Crippen LogP contribution in [0.2, 0.25) is 0 Å². The fourth-order valence-electron chi connectivity index (χ4n) is 4.66. The lowest BCUT2D eigenvalue weighted by molar-refractivity contribution is 0.0523. The van der Waals surface area contributed by atoms with Crippen LogP contribution in [-0.4, -0.2) is 59.1 Å². The molecule has 0 saturated carbocycles. The number of amides is 1. The molecule has 3 aromatic heterocycles. The molecule has 1 aliphatic heterocycles. The fourth-order valence-corrected chi connectivity index (χ4v) is 5.35. The molecule has 0 atom stereocenters. The Hall–Kier alpha value is -4.05. The maximum atomic E-state index is 13.9. The first-order chi connectivity index (χ1) is 19.0. The molecule has 1 amide bonds. The van der Waals surface area contributed by atoms with Crippen LogP contribution in [-0.2, 0) is 11.3 Å². The Kier molecular flexibility index (Phi) is 9.08. The molecule has 1 aromatic carbocycles. The van der Waals surface area contributed by atoms with Gasteiger partial charge in [-0.15, -0.1) is 11.3 Å². The molecule has 4 aromatic rings. The molecule has 4 heterocycles. The minimum atomic E-state index is -0.716. The van der Waals surface area contributed by atoms with Crippen LogP contribution in [0.25, 0.3) is 10.9 Å². The molecular formula is C29H31FN4O4S. The zero-order valence-electron chi connectivity index (χ0n) is 22.2. The summed E-state index contributed by atoms with van der Waals surface area (Å²) in [7, 11) is 0. The van der Waals surface area contributed by atoms with E-state index >= 15 is 0 Å². The summed E-state index contributed by atoms with van der Waals surface area (Å²) in [5.41, 5.74) is 0.970. The first-order valence-corrected chi connectivity index (χ1v) is 13.9. The first kappa shape index (κ1) is 28.0. The van der Waals surface area contributed by atoms with Gasteiger partial charge < -0.3 is 19.1 Å². The monoisotopic (exact) mass is 550 g/mol. The topological polar surface area (TPSA) is 84.7 Å². The summed E-state index contributed by atoms with van der Waals surface area (Å²) in [6.45, 7) is 7.62. The van der Waals surface area contributed by atoms with E-state index in [9.17, 15) is 18.8 Å². The highest BCUT2D eigenvalue weighted by Gasteiger charge is 2.30. The number of piperazine rings is 1. The van der Waals surface area contributed by atoms with Crippen LogP contribution in [0.5, 0.6) is 0 Å². The number of carbonyl (C=O) groups is 2. The molecule has 0 unspecified atom stereocenters. The first-order valence-electron chi connectivity index (χ1n) is 13.0. The van der Waals surface area contributed by atoms with Crippen molar-refractivity contribution in [2.75, 3.05) is 37.7 Å². The van der Waals surface area contributed by atoms with Gasteiger partial charge in [0, 0.05) is 37.8 Å². The van der Waals surface area contributed by atoms with Crippen molar-refractivity contribution in [1.29, 1.82) is 0 Å². The lowest BCUT2D eigenvalue weighted by Gasteiger charge is -2.37. The van der Waals surface area contributed by atoms with Crippen LogP contribution < -0.4 is 10.5 Å². The fraction of sp³-hybridized carbons (Fsp3) is 0.310. The second-order valence-electron chi connectivity index (χ2n) is 8.61. The molecule has 1 fully saturated rings. The normalized spacial score (nSPS) is 13.1. The molecular weight excluding hydrogens is 519 g/mol. The minimum absolute atomic E-state index is 0.0279. The van der Waals surface area contributed by atoms with Crippen LogP contribution in [0, 0.1) is 5.82 Å². The molecule has 1 aliphatic rings. The minimum Gasteiger partial charge on any atom is -0.462 e. The molecule has 204 valence electrons. The van der Waals surface area contributed by atoms with E-state index in [1.165, 1.54) is 28.0 Å². The summed E-state index contributed by atoms with van der Waals surface area (Å²) in [6.07, 6.45) is 3.18. The smallest absolute Gasteiger partial charge is 0.345 e. The van der Waals surface area contributed by atoms with Crippen molar-refractivity contribution in [3.8, 4) is 0 Å². The summed E-state index contributed by atoms with van der Waals surface area (Å²) < 4.78 is 20.6. The molecule has 39 heavy (non-hydrogen) atoms. The highest BCUT2D eigenvalue weighted by atomic mass is 32.1. The van der Waals surface area contributed by atoms with Crippen LogP contribution in [0.4, 0.5) is 10.1 Å². The predicted octanol–water partition coefficient (Wildman–Crippen LogP) is 4.81. The Morgan fingerprint density at radius 1 is 1.08 bits per heavy atom. The van der Waals surface area contributed by atoms with Gasteiger partial charge in [0.05, 0.1) is 35.4 Å². The van der Waals surface area contributed by atoms with E-state index in [1.54, 1.807) is 48.5 Å². The molecule has 10 heteroatoms. The molecule has 8 nitrogen and oxygen atoms in total. The Morgan fingerprint density at radius 3 is 2.51 bits per heavy atom. The average molecular weight is 551 g/mol. The summed E-state index contributed by atoms with van der Waals surface area (Å²) in [5, 5.41) is 2.53. The van der Waals surface area contributed by atoms with Gasteiger partial charge in [-0.25, -0.2) is 9.18 Å². The Labute approximate surface area is 230 Å². The number of anilines is 1. The number of nitrogens with zero attached hydrogens (tertiary/aromatic N) is 4. The third kappa shape index (κ3) is 5.85. The van der Waals surface area contributed by atoms with Crippen LogP contribution in [0.15, 0.2) is 65.0 Å². The summed E-state index contributed by atoms with van der Waals surface area (Å²) in [5.74, 6) is -1.16. The number of carbonyl (C=O) groups excluding carboxylic acids is 2. The lowest BCUT2D eigenvalue weighted by atomic mass is 10.1. The maximum absolute atomic E-state index is 13.9. The third-order valence-corrected chi connectivity index (χ3v) is 7.22. The van der Waals surface area contributed by atoms with Crippen molar-refractivity contribution >= 4 is 39.8 Å². The van der Waals surface area contributed by atoms with Gasteiger partial charge >= 0.3 is 5.97 Å². The van der Waals surface area contributed by atoms with Crippen molar-refractivity contribution in [3.63, 3.8) is 0 Å². The summed E-state index contributed by atoms with van der Waals surface area (Å²) in [4.78, 5) is 48.4. The number of ether oxygens (including phenoxy) is 1. The van der Waals surface area contributed by atoms with Crippen molar-refractivity contribution in [1.82, 2.24) is 14.5 Å². The van der Waals surface area contributed by atoms with E-state index in [0.717, 1.165) is 0 Å². The average Bonchev–Trinajstić information content (AvgIpc) is 3.50. The summed E-state index contributed by atoms with van der Waals surface area (Å²) >= 11 is 1.40. The van der Waals surface area contributed by atoms with Gasteiger partial charge in [-0.05, 0) is 42.1 Å². The van der Waals surface area contributed by atoms with Crippen molar-refractivity contribution in [3.05, 3.63) is 92.4 Å². The van der Waals surface area contributed by atoms with Gasteiger partial charge in [-0.1, -0.05) is 32.0 Å². The Morgan fingerprint density at radius 2 is 1.85 bits per heavy atom. The Balaban J connectivity index is 0.00000172. The van der Waals surface area contributed by atoms with Gasteiger partial charge in [0.25, 0.3) is 11.5 Å². The van der Waals surface area contributed by atoms with Crippen molar-refractivity contribution in [2.24, 2.45) is 0 Å².